The van der Waals surface area contributed by atoms with Crippen molar-refractivity contribution in [2.24, 2.45) is 5.92 Å². The number of hydrogen-bond acceptors (Lipinski definition) is 3. The Morgan fingerprint density at radius 2 is 1.94 bits per heavy atom. The summed E-state index contributed by atoms with van der Waals surface area (Å²) in [6, 6.07) is 0.423. The van der Waals surface area contributed by atoms with Gasteiger partial charge in [0.25, 0.3) is 0 Å². The summed E-state index contributed by atoms with van der Waals surface area (Å²) in [5.41, 5.74) is 0. The van der Waals surface area contributed by atoms with Crippen LogP contribution in [0.1, 0.15) is 46.5 Å². The second-order valence-electron chi connectivity index (χ2n) is 5.85. The number of nitrogens with one attached hydrogen (secondary N) is 1. The lowest BCUT2D eigenvalue weighted by Crippen LogP contribution is -2.45. The molecule has 1 aliphatic carbocycles. The molecule has 1 unspecified atom stereocenters. The van der Waals surface area contributed by atoms with Gasteiger partial charge in [-0.05, 0) is 33.1 Å². The molecule has 0 spiro atoms. The van der Waals surface area contributed by atoms with E-state index in [1.54, 1.807) is 13.8 Å². The first kappa shape index (κ1) is 14.0. The smallest absolute Gasteiger partial charge is 0.153 e. The standard InChI is InChI=1S/C12H25NO2S/c1-10(8-11-6-5-7-11)13-9-12(2,3)16(4,14)15/h10-11,13H,5-9H2,1-4H3. The van der Waals surface area contributed by atoms with E-state index >= 15 is 0 Å². The Morgan fingerprint density at radius 3 is 2.31 bits per heavy atom. The summed E-state index contributed by atoms with van der Waals surface area (Å²) in [4.78, 5) is 0. The topological polar surface area (TPSA) is 46.2 Å². The molecule has 0 aromatic rings. The summed E-state index contributed by atoms with van der Waals surface area (Å²) >= 11 is 0. The molecule has 96 valence electrons. The summed E-state index contributed by atoms with van der Waals surface area (Å²) in [6.45, 7) is 6.26. The van der Waals surface area contributed by atoms with Crippen molar-refractivity contribution in [1.82, 2.24) is 5.32 Å². The van der Waals surface area contributed by atoms with Crippen LogP contribution in [0.25, 0.3) is 0 Å². The maximum absolute atomic E-state index is 11.5. The van der Waals surface area contributed by atoms with E-state index in [4.69, 9.17) is 0 Å². The molecule has 0 aromatic carbocycles. The first-order chi connectivity index (χ1) is 7.22. The summed E-state index contributed by atoms with van der Waals surface area (Å²) in [7, 11) is -2.98. The first-order valence-corrected chi connectivity index (χ1v) is 8.04. The second kappa shape index (κ2) is 5.05. The van der Waals surface area contributed by atoms with Gasteiger partial charge in [0.1, 0.15) is 0 Å². The molecule has 0 heterocycles. The van der Waals surface area contributed by atoms with E-state index in [2.05, 4.69) is 12.2 Å². The summed E-state index contributed by atoms with van der Waals surface area (Å²) < 4.78 is 22.4. The third kappa shape index (κ3) is 3.74. The summed E-state index contributed by atoms with van der Waals surface area (Å²) in [6.07, 6.45) is 6.56. The summed E-state index contributed by atoms with van der Waals surface area (Å²) in [5.74, 6) is 0.865. The lowest BCUT2D eigenvalue weighted by Gasteiger charge is -2.30. The number of rotatable bonds is 6. The van der Waals surface area contributed by atoms with E-state index in [0.717, 1.165) is 5.92 Å². The predicted octanol–water partition coefficient (Wildman–Crippen LogP) is 1.98. The van der Waals surface area contributed by atoms with Crippen molar-refractivity contribution in [3.8, 4) is 0 Å². The minimum absolute atomic E-state index is 0.423. The Labute approximate surface area is 99.9 Å². The molecule has 1 N–H and O–H groups in total. The highest BCUT2D eigenvalue weighted by molar-refractivity contribution is 7.92. The van der Waals surface area contributed by atoms with E-state index in [0.29, 0.717) is 12.6 Å². The molecule has 1 aliphatic rings. The largest absolute Gasteiger partial charge is 0.313 e. The van der Waals surface area contributed by atoms with Crippen molar-refractivity contribution >= 4 is 9.84 Å². The van der Waals surface area contributed by atoms with Crippen LogP contribution in [0.15, 0.2) is 0 Å². The van der Waals surface area contributed by atoms with Gasteiger partial charge in [-0.25, -0.2) is 8.42 Å². The highest BCUT2D eigenvalue weighted by atomic mass is 32.2. The van der Waals surface area contributed by atoms with Crippen LogP contribution in [0.5, 0.6) is 0 Å². The Hall–Kier alpha value is -0.0900. The van der Waals surface area contributed by atoms with Gasteiger partial charge in [-0.3, -0.25) is 0 Å². The monoisotopic (exact) mass is 247 g/mol. The van der Waals surface area contributed by atoms with Crippen LogP contribution >= 0.6 is 0 Å². The fraction of sp³-hybridized carbons (Fsp3) is 1.00. The molecular formula is C12H25NO2S. The summed E-state index contributed by atoms with van der Waals surface area (Å²) in [5, 5.41) is 3.35. The van der Waals surface area contributed by atoms with Gasteiger partial charge in [-0.15, -0.1) is 0 Å². The highest BCUT2D eigenvalue weighted by Gasteiger charge is 2.30. The molecule has 3 nitrogen and oxygen atoms in total. The van der Waals surface area contributed by atoms with E-state index in [1.165, 1.54) is 31.9 Å². The van der Waals surface area contributed by atoms with Crippen molar-refractivity contribution in [1.29, 1.82) is 0 Å². The van der Waals surface area contributed by atoms with E-state index in [1.807, 2.05) is 0 Å². The van der Waals surface area contributed by atoms with Crippen molar-refractivity contribution < 1.29 is 8.42 Å². The molecule has 4 heteroatoms. The van der Waals surface area contributed by atoms with Crippen molar-refractivity contribution in [3.05, 3.63) is 0 Å². The molecule has 0 radical (unpaired) electrons. The van der Waals surface area contributed by atoms with Gasteiger partial charge in [0, 0.05) is 18.8 Å². The molecule has 1 saturated carbocycles. The van der Waals surface area contributed by atoms with Gasteiger partial charge in [0.15, 0.2) is 9.84 Å². The SMILES string of the molecule is CC(CC1CCC1)NCC(C)(C)S(C)(=O)=O. The molecule has 1 atom stereocenters. The average Bonchev–Trinajstić information content (AvgIpc) is 2.06. The van der Waals surface area contributed by atoms with Crippen LogP contribution in [0.3, 0.4) is 0 Å². The van der Waals surface area contributed by atoms with E-state index < -0.39 is 14.6 Å². The van der Waals surface area contributed by atoms with E-state index in [-0.39, 0.29) is 0 Å². The lowest BCUT2D eigenvalue weighted by molar-refractivity contribution is 0.264. The molecule has 16 heavy (non-hydrogen) atoms. The Bertz CT molecular complexity index is 318. The molecule has 0 amide bonds. The van der Waals surface area contributed by atoms with Crippen LogP contribution in [0, 0.1) is 5.92 Å². The zero-order valence-corrected chi connectivity index (χ0v) is 11.7. The Morgan fingerprint density at radius 1 is 1.38 bits per heavy atom. The first-order valence-electron chi connectivity index (χ1n) is 6.15. The third-order valence-corrected chi connectivity index (χ3v) is 5.94. The Kier molecular flexibility index (Phi) is 4.41. The maximum atomic E-state index is 11.5. The third-order valence-electron chi connectivity index (χ3n) is 3.79. The predicted molar refractivity (Wildman–Crippen MR) is 68.3 cm³/mol. The molecule has 0 saturated heterocycles. The molecule has 0 bridgehead atoms. The van der Waals surface area contributed by atoms with Crippen molar-refractivity contribution in [2.45, 2.75) is 57.2 Å². The van der Waals surface area contributed by atoms with Gasteiger partial charge >= 0.3 is 0 Å². The van der Waals surface area contributed by atoms with Gasteiger partial charge < -0.3 is 5.32 Å². The molecule has 0 aromatic heterocycles. The highest BCUT2D eigenvalue weighted by Crippen LogP contribution is 2.30. The van der Waals surface area contributed by atoms with Gasteiger partial charge in [0.2, 0.25) is 0 Å². The van der Waals surface area contributed by atoms with E-state index in [9.17, 15) is 8.42 Å². The van der Waals surface area contributed by atoms with Crippen molar-refractivity contribution in [2.75, 3.05) is 12.8 Å². The Balaban J connectivity index is 2.32. The molecule has 1 rings (SSSR count). The molecular weight excluding hydrogens is 222 g/mol. The quantitative estimate of drug-likeness (QED) is 0.780. The fourth-order valence-corrected chi connectivity index (χ4v) is 2.21. The number of hydrogen-bond donors (Lipinski definition) is 1. The average molecular weight is 247 g/mol. The van der Waals surface area contributed by atoms with Crippen LogP contribution in [0.4, 0.5) is 0 Å². The normalized spacial score (nSPS) is 20.5. The number of sulfone groups is 1. The fourth-order valence-electron chi connectivity index (χ4n) is 1.86. The zero-order valence-electron chi connectivity index (χ0n) is 10.9. The van der Waals surface area contributed by atoms with Gasteiger partial charge in [0.05, 0.1) is 4.75 Å². The van der Waals surface area contributed by atoms with Crippen LogP contribution in [0.2, 0.25) is 0 Å². The minimum Gasteiger partial charge on any atom is -0.313 e. The lowest BCUT2D eigenvalue weighted by atomic mass is 9.81. The maximum Gasteiger partial charge on any atom is 0.153 e. The van der Waals surface area contributed by atoms with Crippen molar-refractivity contribution in [3.63, 3.8) is 0 Å². The molecule has 1 fully saturated rings. The van der Waals surface area contributed by atoms with Gasteiger partial charge in [-0.1, -0.05) is 19.3 Å². The minimum atomic E-state index is -2.98. The molecule has 0 aliphatic heterocycles. The van der Waals surface area contributed by atoms with Crippen LogP contribution < -0.4 is 5.32 Å². The second-order valence-corrected chi connectivity index (χ2v) is 8.50. The van der Waals surface area contributed by atoms with Crippen LogP contribution in [-0.4, -0.2) is 32.0 Å². The van der Waals surface area contributed by atoms with Crippen LogP contribution in [-0.2, 0) is 9.84 Å². The zero-order chi connectivity index (χ0) is 12.4. The van der Waals surface area contributed by atoms with Gasteiger partial charge in [-0.2, -0.15) is 0 Å².